The van der Waals surface area contributed by atoms with Gasteiger partial charge >= 0.3 is 11.9 Å². The molecule has 2 atom stereocenters. The van der Waals surface area contributed by atoms with Crippen LogP contribution in [0.5, 0.6) is 0 Å². The van der Waals surface area contributed by atoms with Crippen LogP contribution in [0.2, 0.25) is 0 Å². The Bertz CT molecular complexity index is 828. The number of carboxylic acids is 2. The lowest BCUT2D eigenvalue weighted by Crippen LogP contribution is -2.48. The summed E-state index contributed by atoms with van der Waals surface area (Å²) in [6.07, 6.45) is 2.96. The number of hydrogen-bond acceptors (Lipinski definition) is 7. The minimum absolute atomic E-state index is 0.0149. The first-order chi connectivity index (χ1) is 18.6. The van der Waals surface area contributed by atoms with Crippen molar-refractivity contribution in [1.29, 1.82) is 0 Å². The van der Waals surface area contributed by atoms with Gasteiger partial charge in [0.2, 0.25) is 23.6 Å². The molecule has 1 rings (SSSR count). The quantitative estimate of drug-likeness (QED) is 0.123. The summed E-state index contributed by atoms with van der Waals surface area (Å²) in [5.41, 5.74) is 0. The molecule has 222 valence electrons. The van der Waals surface area contributed by atoms with Crippen molar-refractivity contribution in [1.82, 2.24) is 21.3 Å². The van der Waals surface area contributed by atoms with Crippen LogP contribution in [-0.2, 0) is 33.5 Å². The Morgan fingerprint density at radius 2 is 1.49 bits per heavy atom. The molecule has 0 aromatic rings. The number of nitrogens with one attached hydrogen (secondary N) is 4. The van der Waals surface area contributed by atoms with E-state index in [0.29, 0.717) is 32.4 Å². The molecule has 0 aromatic heterocycles. The second kappa shape index (κ2) is 18.9. The molecule has 0 saturated heterocycles. The molecular weight excluding hydrogens is 512 g/mol. The van der Waals surface area contributed by atoms with E-state index in [-0.39, 0.29) is 62.5 Å². The first-order valence-electron chi connectivity index (χ1n) is 13.7. The number of carbonyl (C=O) groups is 6. The van der Waals surface area contributed by atoms with E-state index < -0.39 is 35.8 Å². The van der Waals surface area contributed by atoms with E-state index in [1.54, 1.807) is 6.92 Å². The second-order valence-electron chi connectivity index (χ2n) is 9.75. The summed E-state index contributed by atoms with van der Waals surface area (Å²) >= 11 is 0. The average Bonchev–Trinajstić information content (AvgIpc) is 2.90. The number of hydrogen-bond donors (Lipinski definition) is 6. The van der Waals surface area contributed by atoms with Gasteiger partial charge in [-0.3, -0.25) is 24.0 Å². The molecule has 6 N–H and O–H groups in total. The lowest BCUT2D eigenvalue weighted by Gasteiger charge is -2.28. The van der Waals surface area contributed by atoms with Crippen molar-refractivity contribution in [3.05, 3.63) is 0 Å². The van der Waals surface area contributed by atoms with Crippen LogP contribution in [-0.4, -0.2) is 84.2 Å². The van der Waals surface area contributed by atoms with Gasteiger partial charge < -0.3 is 36.2 Å². The zero-order valence-electron chi connectivity index (χ0n) is 23.0. The maximum atomic E-state index is 12.7. The van der Waals surface area contributed by atoms with Crippen molar-refractivity contribution >= 4 is 35.6 Å². The lowest BCUT2D eigenvalue weighted by molar-refractivity contribution is -0.143. The van der Waals surface area contributed by atoms with Crippen LogP contribution in [0.15, 0.2) is 0 Å². The molecule has 0 bridgehead atoms. The van der Waals surface area contributed by atoms with E-state index in [2.05, 4.69) is 21.3 Å². The van der Waals surface area contributed by atoms with Gasteiger partial charge in [-0.05, 0) is 57.8 Å². The van der Waals surface area contributed by atoms with E-state index in [1.165, 1.54) is 0 Å². The second-order valence-corrected chi connectivity index (χ2v) is 9.75. The molecule has 39 heavy (non-hydrogen) atoms. The van der Waals surface area contributed by atoms with E-state index in [1.807, 2.05) is 6.92 Å². The zero-order valence-corrected chi connectivity index (χ0v) is 23.0. The lowest BCUT2D eigenvalue weighted by atomic mass is 9.81. The SMILES string of the molecule is CCCC(=O)NCC1CCC(C(=O)NC(CCC(=O)NC(CCC(=O)O)C(=O)NCCOCC)C(=O)O)CC1. The first-order valence-corrected chi connectivity index (χ1v) is 13.7. The molecule has 1 aliphatic carbocycles. The Hall–Kier alpha value is -3.22. The van der Waals surface area contributed by atoms with Gasteiger partial charge in [0, 0.05) is 44.9 Å². The number of amides is 4. The van der Waals surface area contributed by atoms with Crippen molar-refractivity contribution < 1.29 is 43.7 Å². The van der Waals surface area contributed by atoms with Crippen LogP contribution < -0.4 is 21.3 Å². The van der Waals surface area contributed by atoms with Crippen LogP contribution >= 0.6 is 0 Å². The van der Waals surface area contributed by atoms with Crippen LogP contribution in [0.3, 0.4) is 0 Å². The molecule has 0 aliphatic heterocycles. The summed E-state index contributed by atoms with van der Waals surface area (Å²) in [6.45, 7) is 5.22. The molecule has 4 amide bonds. The van der Waals surface area contributed by atoms with Crippen molar-refractivity contribution in [2.24, 2.45) is 11.8 Å². The maximum Gasteiger partial charge on any atom is 0.326 e. The Balaban J connectivity index is 2.54. The van der Waals surface area contributed by atoms with Gasteiger partial charge in [0.15, 0.2) is 0 Å². The molecule has 2 unspecified atom stereocenters. The normalized spacial score (nSPS) is 18.3. The molecule has 1 saturated carbocycles. The highest BCUT2D eigenvalue weighted by Gasteiger charge is 2.30. The van der Waals surface area contributed by atoms with E-state index in [0.717, 1.165) is 19.3 Å². The predicted octanol–water partition coefficient (Wildman–Crippen LogP) is 0.561. The van der Waals surface area contributed by atoms with Crippen molar-refractivity contribution in [3.63, 3.8) is 0 Å². The summed E-state index contributed by atoms with van der Waals surface area (Å²) in [4.78, 5) is 71.9. The van der Waals surface area contributed by atoms with Gasteiger partial charge in [0.05, 0.1) is 6.61 Å². The topological polar surface area (TPSA) is 200 Å². The third-order valence-corrected chi connectivity index (χ3v) is 6.61. The van der Waals surface area contributed by atoms with Gasteiger partial charge in [-0.15, -0.1) is 0 Å². The third kappa shape index (κ3) is 14.5. The van der Waals surface area contributed by atoms with E-state index >= 15 is 0 Å². The highest BCUT2D eigenvalue weighted by atomic mass is 16.5. The molecule has 1 aliphatic rings. The molecule has 0 radical (unpaired) electrons. The smallest absolute Gasteiger partial charge is 0.326 e. The summed E-state index contributed by atoms with van der Waals surface area (Å²) in [7, 11) is 0. The highest BCUT2D eigenvalue weighted by Crippen LogP contribution is 2.28. The maximum absolute atomic E-state index is 12.7. The zero-order chi connectivity index (χ0) is 29.2. The van der Waals surface area contributed by atoms with Gasteiger partial charge in [0.25, 0.3) is 0 Å². The van der Waals surface area contributed by atoms with Gasteiger partial charge in [-0.25, -0.2) is 4.79 Å². The molecule has 13 nitrogen and oxygen atoms in total. The van der Waals surface area contributed by atoms with Gasteiger partial charge in [-0.2, -0.15) is 0 Å². The van der Waals surface area contributed by atoms with Crippen LogP contribution in [0.25, 0.3) is 0 Å². The number of carbonyl (C=O) groups excluding carboxylic acids is 4. The van der Waals surface area contributed by atoms with Crippen LogP contribution in [0.1, 0.15) is 78.1 Å². The Kier molecular flexibility index (Phi) is 16.4. The molecule has 13 heteroatoms. The fourth-order valence-electron chi connectivity index (χ4n) is 4.34. The summed E-state index contributed by atoms with van der Waals surface area (Å²) < 4.78 is 5.14. The van der Waals surface area contributed by atoms with Crippen molar-refractivity contribution in [2.45, 2.75) is 90.1 Å². The Morgan fingerprint density at radius 1 is 0.821 bits per heavy atom. The predicted molar refractivity (Wildman–Crippen MR) is 140 cm³/mol. The highest BCUT2D eigenvalue weighted by molar-refractivity contribution is 5.89. The number of aliphatic carboxylic acids is 2. The largest absolute Gasteiger partial charge is 0.481 e. The molecule has 0 aromatic carbocycles. The van der Waals surface area contributed by atoms with Gasteiger partial charge in [-0.1, -0.05) is 6.92 Å². The summed E-state index contributed by atoms with van der Waals surface area (Å²) in [5.74, 6) is -4.03. The Morgan fingerprint density at radius 3 is 2.08 bits per heavy atom. The summed E-state index contributed by atoms with van der Waals surface area (Å²) in [5, 5.41) is 29.0. The third-order valence-electron chi connectivity index (χ3n) is 6.61. The van der Waals surface area contributed by atoms with E-state index in [9.17, 15) is 33.9 Å². The monoisotopic (exact) mass is 556 g/mol. The summed E-state index contributed by atoms with van der Waals surface area (Å²) in [6, 6.07) is -2.39. The Labute approximate surface area is 229 Å². The number of ether oxygens (including phenoxy) is 1. The first kappa shape index (κ1) is 33.8. The molecule has 1 fully saturated rings. The fraction of sp³-hybridized carbons (Fsp3) is 0.769. The van der Waals surface area contributed by atoms with Crippen molar-refractivity contribution in [2.75, 3.05) is 26.3 Å². The van der Waals surface area contributed by atoms with Crippen molar-refractivity contribution in [3.8, 4) is 0 Å². The molecular formula is C26H44N4O9. The molecule has 0 heterocycles. The minimum atomic E-state index is -1.29. The standard InChI is InChI=1S/C26H44N4O9/c1-3-5-21(31)28-16-17-6-8-18(9-7-17)24(35)30-20(26(37)38)10-12-22(32)29-19(11-13-23(33)34)25(36)27-14-15-39-4-2/h17-20H,3-16H2,1-2H3,(H,27,36)(H,28,31)(H,29,32)(H,30,35)(H,33,34)(H,37,38). The fourth-order valence-corrected chi connectivity index (χ4v) is 4.34. The van der Waals surface area contributed by atoms with Gasteiger partial charge in [0.1, 0.15) is 12.1 Å². The number of rotatable bonds is 19. The molecule has 0 spiro atoms. The van der Waals surface area contributed by atoms with E-state index in [4.69, 9.17) is 9.84 Å². The van der Waals surface area contributed by atoms with Crippen LogP contribution in [0, 0.1) is 11.8 Å². The number of carboxylic acid groups (broad SMARTS) is 2. The average molecular weight is 557 g/mol. The minimum Gasteiger partial charge on any atom is -0.481 e. The van der Waals surface area contributed by atoms with Crippen LogP contribution in [0.4, 0.5) is 0 Å².